The van der Waals surface area contributed by atoms with Crippen LogP contribution in [0.25, 0.3) is 5.82 Å². The number of carbonyl (C=O) groups excluding carboxylic acids is 1. The molecule has 2 aromatic heterocycles. The Kier molecular flexibility index (Phi) is 4.72. The van der Waals surface area contributed by atoms with Crippen molar-refractivity contribution in [2.45, 2.75) is 39.0 Å². The Balaban J connectivity index is 1.86. The molecule has 0 unspecified atom stereocenters. The third-order valence-electron chi connectivity index (χ3n) is 4.96. The highest BCUT2D eigenvalue weighted by Crippen LogP contribution is 2.40. The van der Waals surface area contributed by atoms with Gasteiger partial charge >= 0.3 is 0 Å². The predicted molar refractivity (Wildman–Crippen MR) is 103 cm³/mol. The Hall–Kier alpha value is -3.00. The molecule has 0 spiro atoms. The number of aromatic nitrogens is 5. The molecule has 0 radical (unpaired) electrons. The number of aryl methyl sites for hydroxylation is 2. The van der Waals surface area contributed by atoms with E-state index in [1.807, 2.05) is 69.1 Å². The molecule has 4 rings (SSSR count). The average Bonchev–Trinajstić information content (AvgIpc) is 3.27. The fourth-order valence-electron chi connectivity index (χ4n) is 3.80. The van der Waals surface area contributed by atoms with E-state index in [0.29, 0.717) is 11.6 Å². The van der Waals surface area contributed by atoms with Crippen LogP contribution in [0.15, 0.2) is 42.6 Å². The molecule has 1 aliphatic rings. The lowest BCUT2D eigenvalue weighted by molar-refractivity contribution is -0.162. The molecule has 146 valence electrons. The molecule has 0 aliphatic carbocycles. The molecule has 1 saturated heterocycles. The zero-order valence-corrected chi connectivity index (χ0v) is 16.5. The van der Waals surface area contributed by atoms with Crippen molar-refractivity contribution in [2.24, 2.45) is 7.05 Å². The molecule has 3 heterocycles. The average molecular weight is 380 g/mol. The summed E-state index contributed by atoms with van der Waals surface area (Å²) < 4.78 is 9.57. The van der Waals surface area contributed by atoms with Gasteiger partial charge in [-0.2, -0.15) is 9.78 Å². The van der Waals surface area contributed by atoms with Gasteiger partial charge in [0, 0.05) is 19.2 Å². The van der Waals surface area contributed by atoms with Crippen LogP contribution in [0.3, 0.4) is 0 Å². The summed E-state index contributed by atoms with van der Waals surface area (Å²) in [6, 6.07) is 11.6. The van der Waals surface area contributed by atoms with Crippen LogP contribution in [0, 0.1) is 6.92 Å². The summed E-state index contributed by atoms with van der Waals surface area (Å²) in [7, 11) is 1.86. The number of hydrogen-bond acceptors (Lipinski definition) is 5. The SMILES string of the molecule is Cc1nc([C@H]2OCC(=O)N(C(C)C)[C@@H]2c2ccccc2)n(-c2ccnn2C)n1. The fraction of sp³-hybridized carbons (Fsp3) is 0.400. The van der Waals surface area contributed by atoms with Crippen molar-refractivity contribution < 1.29 is 9.53 Å². The number of morpholine rings is 1. The highest BCUT2D eigenvalue weighted by atomic mass is 16.5. The van der Waals surface area contributed by atoms with Gasteiger partial charge in [0.2, 0.25) is 5.91 Å². The van der Waals surface area contributed by atoms with Crippen LogP contribution in [0.2, 0.25) is 0 Å². The van der Waals surface area contributed by atoms with E-state index in [2.05, 4.69) is 15.2 Å². The lowest BCUT2D eigenvalue weighted by Gasteiger charge is -2.43. The molecule has 0 saturated carbocycles. The molecule has 28 heavy (non-hydrogen) atoms. The van der Waals surface area contributed by atoms with Crippen LogP contribution in [0.5, 0.6) is 0 Å². The Morgan fingerprint density at radius 1 is 1.18 bits per heavy atom. The van der Waals surface area contributed by atoms with E-state index in [9.17, 15) is 4.79 Å². The molecule has 0 N–H and O–H groups in total. The molecule has 8 heteroatoms. The second kappa shape index (κ2) is 7.20. The number of nitrogens with zero attached hydrogens (tertiary/aromatic N) is 6. The maximum atomic E-state index is 12.7. The smallest absolute Gasteiger partial charge is 0.249 e. The first-order valence-electron chi connectivity index (χ1n) is 9.37. The zero-order valence-electron chi connectivity index (χ0n) is 16.5. The molecule has 1 aliphatic heterocycles. The van der Waals surface area contributed by atoms with Crippen LogP contribution in [-0.4, -0.2) is 48.0 Å². The van der Waals surface area contributed by atoms with Crippen molar-refractivity contribution in [2.75, 3.05) is 6.61 Å². The number of amides is 1. The number of rotatable bonds is 4. The first kappa shape index (κ1) is 18.4. The largest absolute Gasteiger partial charge is 0.358 e. The predicted octanol–water partition coefficient (Wildman–Crippen LogP) is 2.36. The maximum absolute atomic E-state index is 12.7. The van der Waals surface area contributed by atoms with Crippen molar-refractivity contribution in [3.63, 3.8) is 0 Å². The number of carbonyl (C=O) groups is 1. The Bertz CT molecular complexity index is 978. The first-order valence-corrected chi connectivity index (χ1v) is 9.37. The van der Waals surface area contributed by atoms with E-state index in [1.165, 1.54) is 0 Å². The van der Waals surface area contributed by atoms with E-state index in [-0.39, 0.29) is 24.6 Å². The van der Waals surface area contributed by atoms with E-state index >= 15 is 0 Å². The topological polar surface area (TPSA) is 78.1 Å². The van der Waals surface area contributed by atoms with Gasteiger partial charge in [-0.3, -0.25) is 9.48 Å². The maximum Gasteiger partial charge on any atom is 0.249 e. The minimum absolute atomic E-state index is 0.0173. The van der Waals surface area contributed by atoms with Crippen molar-refractivity contribution in [3.8, 4) is 5.82 Å². The van der Waals surface area contributed by atoms with Gasteiger partial charge in [0.1, 0.15) is 18.5 Å². The van der Waals surface area contributed by atoms with Gasteiger partial charge in [0.15, 0.2) is 11.6 Å². The third-order valence-corrected chi connectivity index (χ3v) is 4.96. The van der Waals surface area contributed by atoms with Gasteiger partial charge in [0.25, 0.3) is 0 Å². The second-order valence-electron chi connectivity index (χ2n) is 7.22. The highest BCUT2D eigenvalue weighted by Gasteiger charge is 2.42. The van der Waals surface area contributed by atoms with E-state index < -0.39 is 6.10 Å². The van der Waals surface area contributed by atoms with Crippen LogP contribution < -0.4 is 0 Å². The molecule has 3 aromatic rings. The molecule has 1 fully saturated rings. The minimum atomic E-state index is -0.446. The van der Waals surface area contributed by atoms with Crippen molar-refractivity contribution >= 4 is 5.91 Å². The standard InChI is InChI=1S/C20H24N6O2/c1-13(2)25-17(27)12-28-19(18(25)15-8-6-5-7-9-15)20-22-14(3)23-26(20)16-10-11-21-24(16)4/h5-11,13,18-19H,12H2,1-4H3/t18-,19+/m1/s1. The molecule has 2 atom stereocenters. The van der Waals surface area contributed by atoms with Crippen LogP contribution in [0.4, 0.5) is 0 Å². The van der Waals surface area contributed by atoms with Gasteiger partial charge in [-0.05, 0) is 26.3 Å². The Morgan fingerprint density at radius 2 is 1.93 bits per heavy atom. The highest BCUT2D eigenvalue weighted by molar-refractivity contribution is 5.79. The molecule has 1 amide bonds. The molecule has 8 nitrogen and oxygen atoms in total. The monoisotopic (exact) mass is 380 g/mol. The summed E-state index contributed by atoms with van der Waals surface area (Å²) in [5, 5.41) is 8.81. The fourth-order valence-corrected chi connectivity index (χ4v) is 3.80. The summed E-state index contributed by atoms with van der Waals surface area (Å²) in [4.78, 5) is 19.3. The third kappa shape index (κ3) is 3.09. The second-order valence-corrected chi connectivity index (χ2v) is 7.22. The normalized spacial score (nSPS) is 20.2. The van der Waals surface area contributed by atoms with E-state index in [4.69, 9.17) is 4.74 Å². The van der Waals surface area contributed by atoms with Gasteiger partial charge in [0.05, 0.1) is 12.2 Å². The van der Waals surface area contributed by atoms with Crippen LogP contribution in [0.1, 0.15) is 43.2 Å². The minimum Gasteiger partial charge on any atom is -0.358 e. The number of benzene rings is 1. The molecule has 0 bridgehead atoms. The summed E-state index contributed by atoms with van der Waals surface area (Å²) in [6.45, 7) is 5.91. The molecular weight excluding hydrogens is 356 g/mol. The van der Waals surface area contributed by atoms with Crippen molar-refractivity contribution in [1.82, 2.24) is 29.4 Å². The quantitative estimate of drug-likeness (QED) is 0.694. The van der Waals surface area contributed by atoms with E-state index in [0.717, 1.165) is 11.4 Å². The van der Waals surface area contributed by atoms with Crippen LogP contribution in [-0.2, 0) is 16.6 Å². The number of hydrogen-bond donors (Lipinski definition) is 0. The summed E-state index contributed by atoms with van der Waals surface area (Å²) in [6.07, 6.45) is 1.27. The lowest BCUT2D eigenvalue weighted by Crippen LogP contribution is -2.49. The number of ether oxygens (including phenoxy) is 1. The Morgan fingerprint density at radius 3 is 2.57 bits per heavy atom. The van der Waals surface area contributed by atoms with Gasteiger partial charge in [-0.1, -0.05) is 30.3 Å². The van der Waals surface area contributed by atoms with Gasteiger partial charge in [-0.15, -0.1) is 5.10 Å². The molecular formula is C20H24N6O2. The summed E-state index contributed by atoms with van der Waals surface area (Å²) in [5.41, 5.74) is 1.01. The van der Waals surface area contributed by atoms with E-state index in [1.54, 1.807) is 15.6 Å². The van der Waals surface area contributed by atoms with Gasteiger partial charge in [-0.25, -0.2) is 4.98 Å². The first-order chi connectivity index (χ1) is 13.5. The van der Waals surface area contributed by atoms with Gasteiger partial charge < -0.3 is 9.64 Å². The van der Waals surface area contributed by atoms with Crippen molar-refractivity contribution in [3.05, 3.63) is 59.8 Å². The Labute approximate surface area is 163 Å². The van der Waals surface area contributed by atoms with Crippen LogP contribution >= 0.6 is 0 Å². The van der Waals surface area contributed by atoms with Crippen molar-refractivity contribution in [1.29, 1.82) is 0 Å². The molecule has 1 aromatic carbocycles. The zero-order chi connectivity index (χ0) is 19.8. The summed E-state index contributed by atoms with van der Waals surface area (Å²) >= 11 is 0. The summed E-state index contributed by atoms with van der Waals surface area (Å²) in [5.74, 6) is 2.06. The lowest BCUT2D eigenvalue weighted by atomic mass is 9.96.